The maximum Gasteiger partial charge on any atom is 0.0847 e. The minimum absolute atomic E-state index is 0.418. The Kier molecular flexibility index (Phi) is 3.53. The first-order valence-electron chi connectivity index (χ1n) is 4.03. The lowest BCUT2D eigenvalue weighted by Gasteiger charge is -2.10. The Balaban J connectivity index is 3.00. The van der Waals surface area contributed by atoms with Crippen molar-refractivity contribution in [3.63, 3.8) is 0 Å². The van der Waals surface area contributed by atoms with Gasteiger partial charge < -0.3 is 5.32 Å². The number of rotatable bonds is 2. The third-order valence-electron chi connectivity index (χ3n) is 1.79. The average Bonchev–Trinajstić information content (AvgIpc) is 2.01. The molecule has 0 heterocycles. The van der Waals surface area contributed by atoms with Gasteiger partial charge in [0.25, 0.3) is 0 Å². The normalized spacial score (nSPS) is 13.0. The molecule has 1 N–H and O–H groups in total. The molecule has 66 valence electrons. The van der Waals surface area contributed by atoms with Crippen LogP contribution in [0.5, 0.6) is 0 Å². The predicted octanol–water partition coefficient (Wildman–Crippen LogP) is 2.96. The molecule has 0 bridgehead atoms. The average molecular weight is 275 g/mol. The Morgan fingerprint density at radius 1 is 1.17 bits per heavy atom. The van der Waals surface area contributed by atoms with Crippen molar-refractivity contribution in [1.29, 1.82) is 0 Å². The van der Waals surface area contributed by atoms with Crippen LogP contribution in [0.3, 0.4) is 0 Å². The number of alkyl halides is 1. The summed E-state index contributed by atoms with van der Waals surface area (Å²) < 4.78 is 0.418. The van der Waals surface area contributed by atoms with E-state index in [2.05, 4.69) is 60.0 Å². The lowest BCUT2D eigenvalue weighted by molar-refractivity contribution is 0.822. The van der Waals surface area contributed by atoms with Gasteiger partial charge in [-0.1, -0.05) is 51.9 Å². The number of aryl methyl sites for hydroxylation is 2. The summed E-state index contributed by atoms with van der Waals surface area (Å²) in [6.45, 7) is 4.27. The maximum absolute atomic E-state index is 3.22. The summed E-state index contributed by atoms with van der Waals surface area (Å²) in [7, 11) is 1.98. The van der Waals surface area contributed by atoms with E-state index in [0.717, 1.165) is 0 Å². The second-order valence-electron chi connectivity index (χ2n) is 3.07. The summed E-state index contributed by atoms with van der Waals surface area (Å²) in [6, 6.07) is 6.64. The first kappa shape index (κ1) is 9.99. The molecule has 0 aliphatic carbocycles. The minimum atomic E-state index is 0.418. The number of benzene rings is 1. The SMILES string of the molecule is CNC(I)c1cc(C)cc(C)c1. The zero-order valence-corrected chi connectivity index (χ0v) is 9.84. The molecule has 0 spiro atoms. The summed E-state index contributed by atoms with van der Waals surface area (Å²) >= 11 is 2.39. The number of hydrogen-bond acceptors (Lipinski definition) is 1. The van der Waals surface area contributed by atoms with Crippen molar-refractivity contribution >= 4 is 22.6 Å². The van der Waals surface area contributed by atoms with Crippen LogP contribution in [0.2, 0.25) is 0 Å². The van der Waals surface area contributed by atoms with Crippen molar-refractivity contribution in [2.45, 2.75) is 17.9 Å². The molecule has 1 nitrogen and oxygen atoms in total. The highest BCUT2D eigenvalue weighted by Crippen LogP contribution is 2.21. The van der Waals surface area contributed by atoms with Crippen LogP contribution < -0.4 is 5.32 Å². The van der Waals surface area contributed by atoms with Crippen molar-refractivity contribution in [1.82, 2.24) is 5.32 Å². The van der Waals surface area contributed by atoms with Gasteiger partial charge in [-0.15, -0.1) is 0 Å². The van der Waals surface area contributed by atoms with Crippen LogP contribution in [-0.2, 0) is 0 Å². The molecular formula is C10H14IN. The smallest absolute Gasteiger partial charge is 0.0847 e. The van der Waals surface area contributed by atoms with Crippen LogP contribution in [0.25, 0.3) is 0 Å². The van der Waals surface area contributed by atoms with Gasteiger partial charge in [-0.2, -0.15) is 0 Å². The highest BCUT2D eigenvalue weighted by atomic mass is 127. The zero-order chi connectivity index (χ0) is 9.14. The quantitative estimate of drug-likeness (QED) is 0.497. The fraction of sp³-hybridized carbons (Fsp3) is 0.400. The molecule has 1 aromatic carbocycles. The Morgan fingerprint density at radius 3 is 2.08 bits per heavy atom. The van der Waals surface area contributed by atoms with E-state index in [1.54, 1.807) is 0 Å². The van der Waals surface area contributed by atoms with Crippen LogP contribution in [0.4, 0.5) is 0 Å². The summed E-state index contributed by atoms with van der Waals surface area (Å²) in [5.74, 6) is 0. The van der Waals surface area contributed by atoms with Crippen LogP contribution >= 0.6 is 22.6 Å². The molecule has 1 unspecified atom stereocenters. The molecule has 0 aromatic heterocycles. The Morgan fingerprint density at radius 2 is 1.67 bits per heavy atom. The summed E-state index contributed by atoms with van der Waals surface area (Å²) in [5, 5.41) is 3.22. The van der Waals surface area contributed by atoms with E-state index < -0.39 is 0 Å². The predicted molar refractivity (Wildman–Crippen MR) is 61.7 cm³/mol. The lowest BCUT2D eigenvalue weighted by Crippen LogP contribution is -2.09. The van der Waals surface area contributed by atoms with Gasteiger partial charge in [-0.05, 0) is 26.5 Å². The first-order valence-corrected chi connectivity index (χ1v) is 5.27. The van der Waals surface area contributed by atoms with Gasteiger partial charge in [0.2, 0.25) is 0 Å². The van der Waals surface area contributed by atoms with Gasteiger partial charge in [0.05, 0.1) is 4.05 Å². The van der Waals surface area contributed by atoms with Crippen molar-refractivity contribution in [2.24, 2.45) is 0 Å². The number of halogens is 1. The van der Waals surface area contributed by atoms with Gasteiger partial charge in [0.15, 0.2) is 0 Å². The maximum atomic E-state index is 3.22. The van der Waals surface area contributed by atoms with Crippen LogP contribution in [0.15, 0.2) is 18.2 Å². The molecule has 0 radical (unpaired) electrons. The molecule has 0 amide bonds. The van der Waals surface area contributed by atoms with E-state index in [0.29, 0.717) is 4.05 Å². The largest absolute Gasteiger partial charge is 0.305 e. The first-order chi connectivity index (χ1) is 5.63. The Labute approximate surface area is 87.7 Å². The van der Waals surface area contributed by atoms with E-state index in [1.165, 1.54) is 16.7 Å². The molecule has 0 aliphatic heterocycles. The molecule has 1 atom stereocenters. The lowest BCUT2D eigenvalue weighted by atomic mass is 10.1. The Hall–Kier alpha value is -0.0900. The molecule has 0 saturated carbocycles. The zero-order valence-electron chi connectivity index (χ0n) is 7.69. The highest BCUT2D eigenvalue weighted by Gasteiger charge is 2.03. The van der Waals surface area contributed by atoms with E-state index in [1.807, 2.05) is 7.05 Å². The molecule has 1 rings (SSSR count). The Bertz CT molecular complexity index is 250. The van der Waals surface area contributed by atoms with Gasteiger partial charge in [0.1, 0.15) is 0 Å². The van der Waals surface area contributed by atoms with Crippen molar-refractivity contribution < 1.29 is 0 Å². The molecule has 12 heavy (non-hydrogen) atoms. The van der Waals surface area contributed by atoms with Crippen molar-refractivity contribution in [2.75, 3.05) is 7.05 Å². The third kappa shape index (κ3) is 2.45. The molecule has 0 fully saturated rings. The van der Waals surface area contributed by atoms with Gasteiger partial charge in [-0.3, -0.25) is 0 Å². The van der Waals surface area contributed by atoms with Crippen molar-refractivity contribution in [3.8, 4) is 0 Å². The second kappa shape index (κ2) is 4.23. The minimum Gasteiger partial charge on any atom is -0.305 e. The molecule has 1 aromatic rings. The standard InChI is InChI=1S/C10H14IN/c1-7-4-8(2)6-9(5-7)10(11)12-3/h4-6,10,12H,1-3H3. The van der Waals surface area contributed by atoms with Gasteiger partial charge >= 0.3 is 0 Å². The molecular weight excluding hydrogens is 261 g/mol. The van der Waals surface area contributed by atoms with E-state index in [9.17, 15) is 0 Å². The number of hydrogen-bond donors (Lipinski definition) is 1. The van der Waals surface area contributed by atoms with E-state index in [-0.39, 0.29) is 0 Å². The van der Waals surface area contributed by atoms with Crippen LogP contribution in [-0.4, -0.2) is 7.05 Å². The monoisotopic (exact) mass is 275 g/mol. The van der Waals surface area contributed by atoms with Crippen molar-refractivity contribution in [3.05, 3.63) is 34.9 Å². The summed E-state index contributed by atoms with van der Waals surface area (Å²) in [5.41, 5.74) is 4.03. The van der Waals surface area contributed by atoms with E-state index in [4.69, 9.17) is 0 Å². The van der Waals surface area contributed by atoms with Crippen LogP contribution in [0.1, 0.15) is 20.7 Å². The second-order valence-corrected chi connectivity index (χ2v) is 4.32. The van der Waals surface area contributed by atoms with Gasteiger partial charge in [-0.25, -0.2) is 0 Å². The molecule has 0 aliphatic rings. The fourth-order valence-electron chi connectivity index (χ4n) is 1.32. The molecule has 2 heteroatoms. The number of nitrogens with one attached hydrogen (secondary N) is 1. The fourth-order valence-corrected chi connectivity index (χ4v) is 1.68. The van der Waals surface area contributed by atoms with Gasteiger partial charge in [0, 0.05) is 0 Å². The summed E-state index contributed by atoms with van der Waals surface area (Å²) in [6.07, 6.45) is 0. The van der Waals surface area contributed by atoms with E-state index >= 15 is 0 Å². The highest BCUT2D eigenvalue weighted by molar-refractivity contribution is 14.1. The third-order valence-corrected chi connectivity index (χ3v) is 3.13. The topological polar surface area (TPSA) is 12.0 Å². The summed E-state index contributed by atoms with van der Waals surface area (Å²) in [4.78, 5) is 0. The van der Waals surface area contributed by atoms with Crippen LogP contribution in [0, 0.1) is 13.8 Å². The molecule has 0 saturated heterocycles.